The Bertz CT molecular complexity index is 826. The summed E-state index contributed by atoms with van der Waals surface area (Å²) < 4.78 is 5.28. The van der Waals surface area contributed by atoms with Gasteiger partial charge in [0.1, 0.15) is 24.0 Å². The largest absolute Gasteiger partial charge is 0.479 e. The Morgan fingerprint density at radius 1 is 1.43 bits per heavy atom. The van der Waals surface area contributed by atoms with Crippen LogP contribution in [0.15, 0.2) is 29.1 Å². The van der Waals surface area contributed by atoms with Gasteiger partial charge in [0.05, 0.1) is 5.02 Å². The summed E-state index contributed by atoms with van der Waals surface area (Å²) in [5, 5.41) is 9.51. The van der Waals surface area contributed by atoms with Crippen molar-refractivity contribution in [1.29, 1.82) is 5.26 Å². The van der Waals surface area contributed by atoms with Gasteiger partial charge in [0.2, 0.25) is 0 Å². The van der Waals surface area contributed by atoms with E-state index in [-0.39, 0.29) is 12.2 Å². The highest BCUT2D eigenvalue weighted by Gasteiger charge is 2.12. The molecule has 21 heavy (non-hydrogen) atoms. The van der Waals surface area contributed by atoms with Crippen LogP contribution in [0.25, 0.3) is 11.1 Å². The Labute approximate surface area is 127 Å². The van der Waals surface area contributed by atoms with Gasteiger partial charge in [-0.2, -0.15) is 5.26 Å². The molecule has 0 atom stereocenters. The molecule has 0 amide bonds. The SMILES string of the molecule is C#CCOc1ccc(-c2cc(C)[nH]c(=O)c2C#N)cc1Cl. The third-order valence-corrected chi connectivity index (χ3v) is 3.13. The fraction of sp³-hybridized carbons (Fsp3) is 0.125. The van der Waals surface area contributed by atoms with Crippen LogP contribution in [0.5, 0.6) is 5.75 Å². The zero-order valence-electron chi connectivity index (χ0n) is 11.2. The number of aromatic amines is 1. The molecule has 104 valence electrons. The van der Waals surface area contributed by atoms with Crippen LogP contribution in [0.3, 0.4) is 0 Å². The Balaban J connectivity index is 2.54. The van der Waals surface area contributed by atoms with Crippen molar-refractivity contribution in [2.24, 2.45) is 0 Å². The first-order chi connectivity index (χ1) is 10.1. The van der Waals surface area contributed by atoms with Crippen LogP contribution < -0.4 is 10.3 Å². The number of halogens is 1. The quantitative estimate of drug-likeness (QED) is 0.886. The van der Waals surface area contributed by atoms with Crippen LogP contribution in [0, 0.1) is 30.6 Å². The number of pyridine rings is 1. The lowest BCUT2D eigenvalue weighted by atomic mass is 10.0. The third kappa shape index (κ3) is 3.08. The van der Waals surface area contributed by atoms with E-state index < -0.39 is 5.56 Å². The van der Waals surface area contributed by atoms with Gasteiger partial charge in [-0.3, -0.25) is 4.79 Å². The molecule has 0 spiro atoms. The van der Waals surface area contributed by atoms with Gasteiger partial charge in [-0.05, 0) is 30.7 Å². The molecular formula is C16H11ClN2O2. The number of nitrogens with zero attached hydrogens (tertiary/aromatic N) is 1. The van der Waals surface area contributed by atoms with Gasteiger partial charge in [-0.1, -0.05) is 23.6 Å². The summed E-state index contributed by atoms with van der Waals surface area (Å²) in [4.78, 5) is 14.4. The Morgan fingerprint density at radius 3 is 2.81 bits per heavy atom. The molecule has 1 N–H and O–H groups in total. The third-order valence-electron chi connectivity index (χ3n) is 2.83. The molecule has 0 aliphatic carbocycles. The maximum absolute atomic E-state index is 11.8. The van der Waals surface area contributed by atoms with Crippen molar-refractivity contribution >= 4 is 11.6 Å². The summed E-state index contributed by atoms with van der Waals surface area (Å²) in [7, 11) is 0. The summed E-state index contributed by atoms with van der Waals surface area (Å²) >= 11 is 6.13. The number of benzene rings is 1. The molecule has 1 aromatic carbocycles. The van der Waals surface area contributed by atoms with Gasteiger partial charge in [0, 0.05) is 11.3 Å². The minimum Gasteiger partial charge on any atom is -0.479 e. The van der Waals surface area contributed by atoms with Crippen LogP contribution in [0.2, 0.25) is 5.02 Å². The zero-order chi connectivity index (χ0) is 15.4. The Kier molecular flexibility index (Phi) is 4.33. The van der Waals surface area contributed by atoms with E-state index in [1.807, 2.05) is 6.07 Å². The first kappa shape index (κ1) is 14.7. The van der Waals surface area contributed by atoms with E-state index >= 15 is 0 Å². The average Bonchev–Trinajstić information content (AvgIpc) is 2.45. The fourth-order valence-electron chi connectivity index (χ4n) is 1.93. The number of ether oxygens (including phenoxy) is 1. The number of hydrogen-bond donors (Lipinski definition) is 1. The van der Waals surface area contributed by atoms with Crippen molar-refractivity contribution < 1.29 is 4.74 Å². The van der Waals surface area contributed by atoms with Crippen molar-refractivity contribution in [3.05, 3.63) is 50.9 Å². The molecule has 0 radical (unpaired) electrons. The minimum absolute atomic E-state index is 0.0500. The van der Waals surface area contributed by atoms with Crippen molar-refractivity contribution in [2.45, 2.75) is 6.92 Å². The van der Waals surface area contributed by atoms with Gasteiger partial charge < -0.3 is 9.72 Å². The number of nitriles is 1. The first-order valence-corrected chi connectivity index (χ1v) is 6.45. The van der Waals surface area contributed by atoms with Crippen LogP contribution in [0.4, 0.5) is 0 Å². The zero-order valence-corrected chi connectivity index (χ0v) is 12.0. The Hall–Kier alpha value is -2.69. The highest BCUT2D eigenvalue weighted by atomic mass is 35.5. The maximum Gasteiger partial charge on any atom is 0.266 e. The molecule has 0 fully saturated rings. The molecule has 0 saturated carbocycles. The maximum atomic E-state index is 11.8. The normalized spacial score (nSPS) is 9.71. The van der Waals surface area contributed by atoms with Gasteiger partial charge in [0.15, 0.2) is 0 Å². The number of terminal acetylenes is 1. The Morgan fingerprint density at radius 2 is 2.19 bits per heavy atom. The summed E-state index contributed by atoms with van der Waals surface area (Å²) in [5.74, 6) is 2.81. The molecule has 4 nitrogen and oxygen atoms in total. The van der Waals surface area contributed by atoms with E-state index in [4.69, 9.17) is 28.0 Å². The molecule has 5 heteroatoms. The van der Waals surface area contributed by atoms with E-state index in [2.05, 4.69) is 10.9 Å². The van der Waals surface area contributed by atoms with Crippen LogP contribution in [-0.4, -0.2) is 11.6 Å². The lowest BCUT2D eigenvalue weighted by Crippen LogP contribution is -2.12. The van der Waals surface area contributed by atoms with E-state index in [9.17, 15) is 4.79 Å². The highest BCUT2D eigenvalue weighted by molar-refractivity contribution is 6.32. The molecular weight excluding hydrogens is 288 g/mol. The molecule has 1 aromatic heterocycles. The van der Waals surface area contributed by atoms with Crippen molar-refractivity contribution in [3.8, 4) is 35.3 Å². The minimum atomic E-state index is -0.420. The summed E-state index contributed by atoms with van der Waals surface area (Å²) in [6.07, 6.45) is 5.13. The van der Waals surface area contributed by atoms with E-state index in [1.54, 1.807) is 31.2 Å². The summed E-state index contributed by atoms with van der Waals surface area (Å²) in [5.41, 5.74) is 1.49. The number of H-pyrrole nitrogens is 1. The van der Waals surface area contributed by atoms with Crippen molar-refractivity contribution in [3.63, 3.8) is 0 Å². The van der Waals surface area contributed by atoms with Crippen LogP contribution in [0.1, 0.15) is 11.3 Å². The molecule has 0 aliphatic heterocycles. The highest BCUT2D eigenvalue weighted by Crippen LogP contribution is 2.31. The van der Waals surface area contributed by atoms with Gasteiger partial charge in [0.25, 0.3) is 5.56 Å². The molecule has 0 aliphatic rings. The molecule has 0 saturated heterocycles. The monoisotopic (exact) mass is 298 g/mol. The predicted molar refractivity (Wildman–Crippen MR) is 81.3 cm³/mol. The first-order valence-electron chi connectivity index (χ1n) is 6.07. The average molecular weight is 299 g/mol. The molecule has 1 heterocycles. The number of aromatic nitrogens is 1. The number of nitrogens with one attached hydrogen (secondary N) is 1. The molecule has 0 bridgehead atoms. The van der Waals surface area contributed by atoms with E-state index in [0.717, 1.165) is 0 Å². The van der Waals surface area contributed by atoms with Crippen LogP contribution >= 0.6 is 11.6 Å². The lowest BCUT2D eigenvalue weighted by molar-refractivity contribution is 0.370. The second kappa shape index (κ2) is 6.17. The number of hydrogen-bond acceptors (Lipinski definition) is 3. The number of rotatable bonds is 3. The molecule has 0 unspecified atom stereocenters. The second-order valence-electron chi connectivity index (χ2n) is 4.32. The van der Waals surface area contributed by atoms with E-state index in [0.29, 0.717) is 27.6 Å². The van der Waals surface area contributed by atoms with Gasteiger partial charge >= 0.3 is 0 Å². The topological polar surface area (TPSA) is 65.9 Å². The standard InChI is InChI=1S/C16H11ClN2O2/c1-3-6-21-15-5-4-11(8-14(15)17)12-7-10(2)19-16(20)13(12)9-18/h1,4-5,7-8H,6H2,2H3,(H,19,20). The van der Waals surface area contributed by atoms with Gasteiger partial charge in [-0.25, -0.2) is 0 Å². The predicted octanol–water partition coefficient (Wildman–Crippen LogP) is 2.89. The lowest BCUT2D eigenvalue weighted by Gasteiger charge is -2.09. The van der Waals surface area contributed by atoms with Crippen molar-refractivity contribution in [1.82, 2.24) is 4.98 Å². The summed E-state index contributed by atoms with van der Waals surface area (Å²) in [6.45, 7) is 1.87. The second-order valence-corrected chi connectivity index (χ2v) is 4.73. The smallest absolute Gasteiger partial charge is 0.266 e. The molecule has 2 aromatic rings. The molecule has 2 rings (SSSR count). The van der Waals surface area contributed by atoms with Gasteiger partial charge in [-0.15, -0.1) is 6.42 Å². The van der Waals surface area contributed by atoms with E-state index in [1.165, 1.54) is 0 Å². The summed E-state index contributed by atoms with van der Waals surface area (Å²) in [6, 6.07) is 8.67. The fourth-order valence-corrected chi connectivity index (χ4v) is 2.17. The van der Waals surface area contributed by atoms with Crippen LogP contribution in [-0.2, 0) is 0 Å². The number of aryl methyl sites for hydroxylation is 1. The van der Waals surface area contributed by atoms with Crippen molar-refractivity contribution in [2.75, 3.05) is 6.61 Å².